The highest BCUT2D eigenvalue weighted by Crippen LogP contribution is 2.21. The van der Waals surface area contributed by atoms with Crippen molar-refractivity contribution in [3.63, 3.8) is 0 Å². The summed E-state index contributed by atoms with van der Waals surface area (Å²) in [6, 6.07) is 18.5. The zero-order valence-electron chi connectivity index (χ0n) is 14.6. The van der Waals surface area contributed by atoms with Crippen LogP contribution in [0.2, 0.25) is 0 Å². The lowest BCUT2D eigenvalue weighted by Gasteiger charge is -2.14. The second-order valence-electron chi connectivity index (χ2n) is 6.55. The number of nitrogens with one attached hydrogen (secondary N) is 2. The smallest absolute Gasteiger partial charge is 0.274 e. The Morgan fingerprint density at radius 3 is 2.78 bits per heavy atom. The molecule has 0 saturated heterocycles. The maximum absolute atomic E-state index is 12.5. The fourth-order valence-corrected chi connectivity index (χ4v) is 3.18. The normalized spacial score (nSPS) is 16.1. The molecule has 6 nitrogen and oxygen atoms in total. The molecule has 1 atom stereocenters. The summed E-state index contributed by atoms with van der Waals surface area (Å²) in [6.45, 7) is 0. The van der Waals surface area contributed by atoms with Crippen LogP contribution >= 0.6 is 0 Å². The number of rotatable bonds is 4. The number of fused-ring (bicyclic) bond motifs is 1. The number of para-hydroxylation sites is 1. The third-order valence-electron chi connectivity index (χ3n) is 4.61. The second kappa shape index (κ2) is 7.45. The van der Waals surface area contributed by atoms with Gasteiger partial charge in [-0.2, -0.15) is 0 Å². The molecule has 0 unspecified atom stereocenters. The van der Waals surface area contributed by atoms with Crippen LogP contribution in [-0.2, 0) is 17.6 Å². The first-order valence-corrected chi connectivity index (χ1v) is 8.88. The highest BCUT2D eigenvalue weighted by Gasteiger charge is 2.26. The van der Waals surface area contributed by atoms with Crippen LogP contribution in [-0.4, -0.2) is 23.0 Å². The van der Waals surface area contributed by atoms with Gasteiger partial charge < -0.3 is 15.2 Å². The third kappa shape index (κ3) is 3.89. The van der Waals surface area contributed by atoms with Crippen LogP contribution in [0.3, 0.4) is 0 Å². The van der Waals surface area contributed by atoms with Gasteiger partial charge in [0.05, 0.1) is 0 Å². The zero-order chi connectivity index (χ0) is 18.6. The minimum Gasteiger partial charge on any atom is -0.360 e. The summed E-state index contributed by atoms with van der Waals surface area (Å²) in [5.74, 6) is -0.0328. The summed E-state index contributed by atoms with van der Waals surface area (Å²) in [5, 5.41) is 9.48. The molecule has 27 heavy (non-hydrogen) atoms. The fourth-order valence-electron chi connectivity index (χ4n) is 3.18. The molecule has 4 rings (SSSR count). The van der Waals surface area contributed by atoms with Gasteiger partial charge in [0.15, 0.2) is 5.69 Å². The van der Waals surface area contributed by atoms with Crippen LogP contribution in [0.15, 0.2) is 65.2 Å². The SMILES string of the molecule is O=C(N[C@H]1CCc2ccccc2NC1=O)c1cc(Cc2ccccc2)on1. The molecule has 2 heterocycles. The minimum atomic E-state index is -0.612. The van der Waals surface area contributed by atoms with E-state index in [4.69, 9.17) is 4.52 Å². The maximum Gasteiger partial charge on any atom is 0.274 e. The summed E-state index contributed by atoms with van der Waals surface area (Å²) in [6.07, 6.45) is 1.79. The molecule has 0 bridgehead atoms. The van der Waals surface area contributed by atoms with E-state index in [2.05, 4.69) is 15.8 Å². The number of nitrogens with zero attached hydrogens (tertiary/aromatic N) is 1. The molecular weight excluding hydrogens is 342 g/mol. The Labute approximate surface area is 156 Å². The van der Waals surface area contributed by atoms with Gasteiger partial charge in [-0.25, -0.2) is 0 Å². The monoisotopic (exact) mass is 361 g/mol. The molecule has 136 valence electrons. The molecule has 1 aliphatic heterocycles. The standard InChI is InChI=1S/C21H19N3O3/c25-20-18(11-10-15-8-4-5-9-17(15)22-20)23-21(26)19-13-16(27-24-19)12-14-6-2-1-3-7-14/h1-9,13,18H,10-12H2,(H,22,25)(H,23,26)/t18-/m0/s1. The van der Waals surface area contributed by atoms with E-state index < -0.39 is 11.9 Å². The van der Waals surface area contributed by atoms with Crippen molar-refractivity contribution in [3.05, 3.63) is 83.2 Å². The first kappa shape index (κ1) is 17.0. The summed E-state index contributed by atoms with van der Waals surface area (Å²) in [7, 11) is 0. The maximum atomic E-state index is 12.5. The number of aromatic nitrogens is 1. The number of carbonyl (C=O) groups is 2. The summed E-state index contributed by atoms with van der Waals surface area (Å²) in [4.78, 5) is 24.9. The van der Waals surface area contributed by atoms with Gasteiger partial charge in [0, 0.05) is 18.2 Å². The molecule has 1 aliphatic rings. The molecule has 2 amide bonds. The van der Waals surface area contributed by atoms with Crippen molar-refractivity contribution < 1.29 is 14.1 Å². The number of hydrogen-bond acceptors (Lipinski definition) is 4. The Kier molecular flexibility index (Phi) is 4.70. The zero-order valence-corrected chi connectivity index (χ0v) is 14.6. The van der Waals surface area contributed by atoms with Crippen molar-refractivity contribution in [1.29, 1.82) is 0 Å². The summed E-state index contributed by atoms with van der Waals surface area (Å²) >= 11 is 0. The van der Waals surface area contributed by atoms with Crippen LogP contribution in [0.4, 0.5) is 5.69 Å². The minimum absolute atomic E-state index is 0.176. The Bertz CT molecular complexity index is 966. The topological polar surface area (TPSA) is 84.2 Å². The Morgan fingerprint density at radius 2 is 1.93 bits per heavy atom. The average molecular weight is 361 g/mol. The molecule has 2 aromatic carbocycles. The quantitative estimate of drug-likeness (QED) is 0.748. The van der Waals surface area contributed by atoms with Gasteiger partial charge in [0.25, 0.3) is 5.91 Å². The van der Waals surface area contributed by atoms with E-state index >= 15 is 0 Å². The lowest BCUT2D eigenvalue weighted by atomic mass is 10.1. The van der Waals surface area contributed by atoms with Crippen LogP contribution < -0.4 is 10.6 Å². The van der Waals surface area contributed by atoms with E-state index in [1.165, 1.54) is 0 Å². The van der Waals surface area contributed by atoms with Gasteiger partial charge in [-0.1, -0.05) is 53.7 Å². The molecule has 2 N–H and O–H groups in total. The number of carbonyl (C=O) groups excluding carboxylic acids is 2. The van der Waals surface area contributed by atoms with E-state index in [0.717, 1.165) is 16.8 Å². The number of anilines is 1. The molecular formula is C21H19N3O3. The molecule has 3 aromatic rings. The van der Waals surface area contributed by atoms with Crippen molar-refractivity contribution in [2.45, 2.75) is 25.3 Å². The van der Waals surface area contributed by atoms with Crippen LogP contribution in [0, 0.1) is 0 Å². The fraction of sp³-hybridized carbons (Fsp3) is 0.190. The van der Waals surface area contributed by atoms with Gasteiger partial charge in [-0.3, -0.25) is 9.59 Å². The molecule has 6 heteroatoms. The Morgan fingerprint density at radius 1 is 1.15 bits per heavy atom. The molecule has 0 radical (unpaired) electrons. The Balaban J connectivity index is 1.41. The van der Waals surface area contributed by atoms with Crippen LogP contribution in [0.25, 0.3) is 0 Å². The van der Waals surface area contributed by atoms with Gasteiger partial charge in [-0.15, -0.1) is 0 Å². The molecule has 0 aliphatic carbocycles. The number of amides is 2. The predicted molar refractivity (Wildman–Crippen MR) is 100 cm³/mol. The highest BCUT2D eigenvalue weighted by molar-refractivity contribution is 6.01. The van der Waals surface area contributed by atoms with Crippen molar-refractivity contribution in [1.82, 2.24) is 10.5 Å². The number of hydrogen-bond donors (Lipinski definition) is 2. The molecule has 0 saturated carbocycles. The summed E-state index contributed by atoms with van der Waals surface area (Å²) < 4.78 is 5.27. The molecule has 0 spiro atoms. The van der Waals surface area contributed by atoms with Crippen LogP contribution in [0.1, 0.15) is 33.8 Å². The van der Waals surface area contributed by atoms with Crippen LogP contribution in [0.5, 0.6) is 0 Å². The van der Waals surface area contributed by atoms with Gasteiger partial charge in [0.2, 0.25) is 5.91 Å². The van der Waals surface area contributed by atoms with Crippen molar-refractivity contribution in [2.24, 2.45) is 0 Å². The van der Waals surface area contributed by atoms with E-state index in [-0.39, 0.29) is 11.6 Å². The second-order valence-corrected chi connectivity index (χ2v) is 6.55. The van der Waals surface area contributed by atoms with Crippen molar-refractivity contribution >= 4 is 17.5 Å². The first-order valence-electron chi connectivity index (χ1n) is 8.88. The molecule has 1 aromatic heterocycles. The average Bonchev–Trinajstić information content (AvgIpc) is 3.09. The van der Waals surface area contributed by atoms with Gasteiger partial charge in [-0.05, 0) is 30.0 Å². The summed E-state index contributed by atoms with van der Waals surface area (Å²) in [5.41, 5.74) is 3.11. The lowest BCUT2D eigenvalue weighted by Crippen LogP contribution is -2.43. The Hall–Kier alpha value is -3.41. The van der Waals surface area contributed by atoms with Gasteiger partial charge in [0.1, 0.15) is 11.8 Å². The first-order chi connectivity index (χ1) is 13.2. The largest absolute Gasteiger partial charge is 0.360 e. The van der Waals surface area contributed by atoms with Gasteiger partial charge >= 0.3 is 0 Å². The third-order valence-corrected chi connectivity index (χ3v) is 4.61. The highest BCUT2D eigenvalue weighted by atomic mass is 16.5. The van der Waals surface area contributed by atoms with E-state index in [1.54, 1.807) is 6.07 Å². The number of benzene rings is 2. The molecule has 0 fully saturated rings. The lowest BCUT2D eigenvalue weighted by molar-refractivity contribution is -0.118. The number of aryl methyl sites for hydroxylation is 1. The van der Waals surface area contributed by atoms with E-state index in [0.29, 0.717) is 25.0 Å². The van der Waals surface area contributed by atoms with Crippen molar-refractivity contribution in [2.75, 3.05) is 5.32 Å². The van der Waals surface area contributed by atoms with Crippen molar-refractivity contribution in [3.8, 4) is 0 Å². The van der Waals surface area contributed by atoms with E-state index in [9.17, 15) is 9.59 Å². The predicted octanol–water partition coefficient (Wildman–Crippen LogP) is 2.95. The van der Waals surface area contributed by atoms with E-state index in [1.807, 2.05) is 54.6 Å².